The fourth-order valence-corrected chi connectivity index (χ4v) is 2.56. The Labute approximate surface area is 177 Å². The van der Waals surface area contributed by atoms with Gasteiger partial charge in [-0.3, -0.25) is 10.2 Å². The molecule has 0 unspecified atom stereocenters. The van der Waals surface area contributed by atoms with Crippen LogP contribution in [0.4, 0.5) is 0 Å². The molecule has 0 saturated heterocycles. The van der Waals surface area contributed by atoms with Gasteiger partial charge in [0.15, 0.2) is 11.5 Å². The van der Waals surface area contributed by atoms with E-state index in [1.54, 1.807) is 44.5 Å². The summed E-state index contributed by atoms with van der Waals surface area (Å²) < 4.78 is 16.7. The molecule has 0 aliphatic heterocycles. The molecular weight excluding hydrogens is 394 g/mol. The van der Waals surface area contributed by atoms with Crippen LogP contribution in [0, 0.1) is 5.41 Å². The van der Waals surface area contributed by atoms with Crippen molar-refractivity contribution in [3.8, 4) is 17.2 Å². The molecule has 2 aromatic rings. The van der Waals surface area contributed by atoms with Crippen LogP contribution in [0.2, 0.25) is 0 Å². The fourth-order valence-electron chi connectivity index (χ4n) is 2.56. The summed E-state index contributed by atoms with van der Waals surface area (Å²) >= 11 is 0. The number of nitrogens with two attached hydrogens (primary N) is 1. The van der Waals surface area contributed by atoms with Gasteiger partial charge >= 0.3 is 0 Å². The predicted molar refractivity (Wildman–Crippen MR) is 116 cm³/mol. The molecular formula is C21H28ClN3O4. The molecule has 0 fully saturated rings. The van der Waals surface area contributed by atoms with Crippen LogP contribution in [-0.4, -0.2) is 39.1 Å². The summed E-state index contributed by atoms with van der Waals surface area (Å²) in [6.07, 6.45) is 2.75. The van der Waals surface area contributed by atoms with Gasteiger partial charge in [-0.1, -0.05) is 0 Å². The maximum Gasteiger partial charge on any atom is 0.251 e. The quantitative estimate of drug-likeness (QED) is 0.293. The van der Waals surface area contributed by atoms with Crippen LogP contribution in [0.15, 0.2) is 42.5 Å². The highest BCUT2D eigenvalue weighted by molar-refractivity contribution is 5.95. The van der Waals surface area contributed by atoms with E-state index in [0.29, 0.717) is 35.8 Å². The first kappa shape index (κ1) is 24.1. The van der Waals surface area contributed by atoms with E-state index in [1.165, 1.54) is 0 Å². The number of ether oxygens (including phenoxy) is 3. The zero-order valence-electron chi connectivity index (χ0n) is 16.7. The average molecular weight is 422 g/mol. The van der Waals surface area contributed by atoms with Crippen LogP contribution in [0.3, 0.4) is 0 Å². The third-order valence-corrected chi connectivity index (χ3v) is 4.13. The Hall–Kier alpha value is -2.93. The number of unbranched alkanes of at least 4 members (excludes halogenated alkanes) is 2. The van der Waals surface area contributed by atoms with Crippen molar-refractivity contribution in [2.45, 2.75) is 19.3 Å². The number of carbonyl (C=O) groups is 1. The third-order valence-electron chi connectivity index (χ3n) is 4.13. The van der Waals surface area contributed by atoms with Gasteiger partial charge in [-0.2, -0.15) is 0 Å². The van der Waals surface area contributed by atoms with E-state index in [9.17, 15) is 4.79 Å². The van der Waals surface area contributed by atoms with Gasteiger partial charge in [0.1, 0.15) is 11.6 Å². The van der Waals surface area contributed by atoms with Gasteiger partial charge in [0.2, 0.25) is 0 Å². The summed E-state index contributed by atoms with van der Waals surface area (Å²) in [6, 6.07) is 12.3. The lowest BCUT2D eigenvalue weighted by Crippen LogP contribution is -2.17. The van der Waals surface area contributed by atoms with Crippen LogP contribution in [0.25, 0.3) is 0 Å². The number of carbonyl (C=O) groups excluding carboxylic acids is 1. The van der Waals surface area contributed by atoms with Crippen molar-refractivity contribution in [3.63, 3.8) is 0 Å². The minimum atomic E-state index is -0.166. The van der Waals surface area contributed by atoms with Gasteiger partial charge in [-0.15, -0.1) is 12.4 Å². The molecule has 0 bridgehead atoms. The van der Waals surface area contributed by atoms with Crippen molar-refractivity contribution in [1.82, 2.24) is 5.32 Å². The summed E-state index contributed by atoms with van der Waals surface area (Å²) in [7, 11) is 3.14. The molecule has 0 aliphatic rings. The van der Waals surface area contributed by atoms with Gasteiger partial charge in [-0.25, -0.2) is 0 Å². The lowest BCUT2D eigenvalue weighted by molar-refractivity contribution is 0.0962. The van der Waals surface area contributed by atoms with Crippen molar-refractivity contribution < 1.29 is 19.0 Å². The van der Waals surface area contributed by atoms with E-state index in [4.69, 9.17) is 25.4 Å². The van der Waals surface area contributed by atoms with Gasteiger partial charge in [0, 0.05) is 18.2 Å². The number of hydrogen-bond acceptors (Lipinski definition) is 5. The second-order valence-corrected chi connectivity index (χ2v) is 6.14. The predicted octanol–water partition coefficient (Wildman–Crippen LogP) is 3.39. The van der Waals surface area contributed by atoms with Crippen LogP contribution < -0.4 is 25.3 Å². The van der Waals surface area contributed by atoms with Crippen molar-refractivity contribution in [3.05, 3.63) is 53.6 Å². The summed E-state index contributed by atoms with van der Waals surface area (Å²) in [6.45, 7) is 1.17. The number of amides is 1. The molecule has 0 spiro atoms. The van der Waals surface area contributed by atoms with E-state index in [-0.39, 0.29) is 24.1 Å². The highest BCUT2D eigenvalue weighted by Crippen LogP contribution is 2.28. The average Bonchev–Trinajstić information content (AvgIpc) is 2.72. The SMILES string of the molecule is CNC(=O)c1ccc(OCCCCCOc2ccc(C(=N)N)cc2)c(OC)c1.Cl. The van der Waals surface area contributed by atoms with Crippen LogP contribution in [-0.2, 0) is 0 Å². The van der Waals surface area contributed by atoms with Crippen LogP contribution in [0.1, 0.15) is 35.2 Å². The summed E-state index contributed by atoms with van der Waals surface area (Å²) in [5, 5.41) is 9.94. The number of hydrogen-bond donors (Lipinski definition) is 3. The number of benzene rings is 2. The second kappa shape index (κ2) is 12.5. The molecule has 4 N–H and O–H groups in total. The number of methoxy groups -OCH3 is 1. The second-order valence-electron chi connectivity index (χ2n) is 6.14. The Bertz CT molecular complexity index is 797. The number of nitrogen functional groups attached to an aromatic ring is 1. The maximum atomic E-state index is 11.7. The van der Waals surface area contributed by atoms with Gasteiger partial charge in [0.05, 0.1) is 20.3 Å². The van der Waals surface area contributed by atoms with Gasteiger partial charge in [-0.05, 0) is 61.7 Å². The van der Waals surface area contributed by atoms with E-state index >= 15 is 0 Å². The Kier molecular flexibility index (Phi) is 10.4. The summed E-state index contributed by atoms with van der Waals surface area (Å²) in [5.41, 5.74) is 6.64. The molecule has 0 radical (unpaired) electrons. The maximum absolute atomic E-state index is 11.7. The smallest absolute Gasteiger partial charge is 0.251 e. The molecule has 0 aromatic heterocycles. The van der Waals surface area contributed by atoms with Crippen LogP contribution in [0.5, 0.6) is 17.2 Å². The number of amidine groups is 1. The Morgan fingerprint density at radius 1 is 0.966 bits per heavy atom. The molecule has 7 nitrogen and oxygen atoms in total. The Morgan fingerprint density at radius 2 is 1.59 bits per heavy atom. The largest absolute Gasteiger partial charge is 0.494 e. The van der Waals surface area contributed by atoms with Gasteiger partial charge < -0.3 is 25.3 Å². The molecule has 0 saturated carbocycles. The number of rotatable bonds is 11. The molecule has 0 atom stereocenters. The van der Waals surface area contributed by atoms with Crippen molar-refractivity contribution in [1.29, 1.82) is 5.41 Å². The Balaban J connectivity index is 0.00000420. The number of halogens is 1. The van der Waals surface area contributed by atoms with E-state index in [1.807, 2.05) is 12.1 Å². The summed E-state index contributed by atoms with van der Waals surface area (Å²) in [4.78, 5) is 11.7. The van der Waals surface area contributed by atoms with E-state index in [2.05, 4.69) is 5.32 Å². The standard InChI is InChI=1S/C21H27N3O4.ClH/c1-24-21(25)16-8-11-18(19(14-16)26-2)28-13-5-3-4-12-27-17-9-6-15(7-10-17)20(22)23;/h6-11,14H,3-5,12-13H2,1-2H3,(H3,22,23)(H,24,25);1H. The molecule has 0 heterocycles. The number of nitrogens with one attached hydrogen (secondary N) is 2. The first-order valence-electron chi connectivity index (χ1n) is 9.15. The minimum absolute atomic E-state index is 0. The van der Waals surface area contributed by atoms with Crippen molar-refractivity contribution in [2.24, 2.45) is 5.73 Å². The molecule has 158 valence electrons. The monoisotopic (exact) mass is 421 g/mol. The highest BCUT2D eigenvalue weighted by Gasteiger charge is 2.10. The Morgan fingerprint density at radius 3 is 2.17 bits per heavy atom. The minimum Gasteiger partial charge on any atom is -0.494 e. The van der Waals surface area contributed by atoms with E-state index < -0.39 is 0 Å². The summed E-state index contributed by atoms with van der Waals surface area (Å²) in [5.74, 6) is 1.81. The first-order chi connectivity index (χ1) is 13.5. The topological polar surface area (TPSA) is 107 Å². The molecule has 2 rings (SSSR count). The molecule has 29 heavy (non-hydrogen) atoms. The molecule has 8 heteroatoms. The lowest BCUT2D eigenvalue weighted by Gasteiger charge is -2.12. The normalized spacial score (nSPS) is 9.86. The van der Waals surface area contributed by atoms with Crippen LogP contribution >= 0.6 is 12.4 Å². The van der Waals surface area contributed by atoms with Crippen molar-refractivity contribution in [2.75, 3.05) is 27.4 Å². The fraction of sp³-hybridized carbons (Fsp3) is 0.333. The van der Waals surface area contributed by atoms with Crippen molar-refractivity contribution >= 4 is 24.1 Å². The first-order valence-corrected chi connectivity index (χ1v) is 9.15. The van der Waals surface area contributed by atoms with E-state index in [0.717, 1.165) is 25.0 Å². The molecule has 1 amide bonds. The zero-order chi connectivity index (χ0) is 20.4. The zero-order valence-corrected chi connectivity index (χ0v) is 17.5. The lowest BCUT2D eigenvalue weighted by atomic mass is 10.2. The molecule has 0 aliphatic carbocycles. The molecule has 2 aromatic carbocycles. The highest BCUT2D eigenvalue weighted by atomic mass is 35.5. The third kappa shape index (κ3) is 7.54. The van der Waals surface area contributed by atoms with Gasteiger partial charge in [0.25, 0.3) is 5.91 Å².